The van der Waals surface area contributed by atoms with Crippen LogP contribution in [0.3, 0.4) is 0 Å². The topological polar surface area (TPSA) is 32.3 Å². The third-order valence-electron chi connectivity index (χ3n) is 1.07. The van der Waals surface area contributed by atoms with Crippen LogP contribution in [0, 0.1) is 0 Å². The Morgan fingerprint density at radius 3 is 2.62 bits per heavy atom. The standard InChI is InChI=1S/C4H6N2OS/c1-6-3(8)2-5-4(6)7/h2H2,1H3,(H,5,7). The fourth-order valence-corrected chi connectivity index (χ4v) is 0.657. The first-order valence-corrected chi connectivity index (χ1v) is 2.67. The van der Waals surface area contributed by atoms with Crippen LogP contribution in [0.25, 0.3) is 0 Å². The van der Waals surface area contributed by atoms with Gasteiger partial charge in [0.05, 0.1) is 6.54 Å². The van der Waals surface area contributed by atoms with Gasteiger partial charge in [0.2, 0.25) is 0 Å². The van der Waals surface area contributed by atoms with Gasteiger partial charge in [0.15, 0.2) is 0 Å². The normalized spacial score (nSPS) is 19.4. The molecule has 1 saturated heterocycles. The van der Waals surface area contributed by atoms with E-state index in [0.717, 1.165) is 0 Å². The number of urea groups is 1. The van der Waals surface area contributed by atoms with Crippen molar-refractivity contribution in [1.29, 1.82) is 0 Å². The number of nitrogens with one attached hydrogen (secondary N) is 1. The summed E-state index contributed by atoms with van der Waals surface area (Å²) in [6.45, 7) is 0.519. The van der Waals surface area contributed by atoms with Crippen LogP contribution in [0.1, 0.15) is 0 Å². The number of hydrogen-bond acceptors (Lipinski definition) is 2. The van der Waals surface area contributed by atoms with Crippen LogP contribution in [0.5, 0.6) is 0 Å². The second kappa shape index (κ2) is 1.70. The van der Waals surface area contributed by atoms with Gasteiger partial charge in [-0.1, -0.05) is 12.2 Å². The minimum absolute atomic E-state index is 0.102. The summed E-state index contributed by atoms with van der Waals surface area (Å²) in [6, 6.07) is -0.102. The van der Waals surface area contributed by atoms with Crippen LogP contribution in [0.15, 0.2) is 0 Å². The lowest BCUT2D eigenvalue weighted by Crippen LogP contribution is -2.25. The van der Waals surface area contributed by atoms with Gasteiger partial charge in [-0.15, -0.1) is 0 Å². The third kappa shape index (κ3) is 0.667. The van der Waals surface area contributed by atoms with E-state index in [1.165, 1.54) is 4.90 Å². The molecule has 3 nitrogen and oxygen atoms in total. The molecule has 0 radical (unpaired) electrons. The summed E-state index contributed by atoms with van der Waals surface area (Å²) in [6.07, 6.45) is 0. The molecule has 0 aromatic heterocycles. The molecule has 0 atom stereocenters. The second-order valence-corrected chi connectivity index (χ2v) is 2.08. The van der Waals surface area contributed by atoms with Crippen molar-refractivity contribution in [3.63, 3.8) is 0 Å². The van der Waals surface area contributed by atoms with E-state index < -0.39 is 0 Å². The Kier molecular flexibility index (Phi) is 1.17. The fourth-order valence-electron chi connectivity index (χ4n) is 0.502. The van der Waals surface area contributed by atoms with Crippen LogP contribution < -0.4 is 5.32 Å². The van der Waals surface area contributed by atoms with Crippen molar-refractivity contribution in [3.05, 3.63) is 0 Å². The van der Waals surface area contributed by atoms with Gasteiger partial charge >= 0.3 is 6.03 Å². The van der Waals surface area contributed by atoms with Crippen LogP contribution in [0.2, 0.25) is 0 Å². The highest BCUT2D eigenvalue weighted by atomic mass is 32.1. The van der Waals surface area contributed by atoms with Crippen molar-refractivity contribution in [3.8, 4) is 0 Å². The summed E-state index contributed by atoms with van der Waals surface area (Å²) >= 11 is 4.76. The summed E-state index contributed by atoms with van der Waals surface area (Å²) in [5.41, 5.74) is 0. The Labute approximate surface area is 52.7 Å². The van der Waals surface area contributed by atoms with Gasteiger partial charge in [0.25, 0.3) is 0 Å². The molecule has 8 heavy (non-hydrogen) atoms. The average Bonchev–Trinajstić information content (AvgIpc) is 1.98. The smallest absolute Gasteiger partial charge is 0.322 e. The maximum Gasteiger partial charge on any atom is 0.322 e. The molecule has 1 fully saturated rings. The van der Waals surface area contributed by atoms with Crippen LogP contribution in [0.4, 0.5) is 4.79 Å². The van der Waals surface area contributed by atoms with Crippen molar-refractivity contribution >= 4 is 23.2 Å². The van der Waals surface area contributed by atoms with Crippen molar-refractivity contribution in [1.82, 2.24) is 10.2 Å². The van der Waals surface area contributed by atoms with E-state index in [1.807, 2.05) is 0 Å². The van der Waals surface area contributed by atoms with Crippen LogP contribution >= 0.6 is 12.2 Å². The quantitative estimate of drug-likeness (QED) is 0.467. The zero-order valence-electron chi connectivity index (χ0n) is 4.47. The number of likely N-dealkylation sites (N-methyl/N-ethyl adjacent to an activating group) is 1. The van der Waals surface area contributed by atoms with Crippen molar-refractivity contribution in [2.75, 3.05) is 13.6 Å². The minimum Gasteiger partial charge on any atom is -0.331 e. The van der Waals surface area contributed by atoms with Crippen LogP contribution in [-0.4, -0.2) is 29.5 Å². The first-order valence-electron chi connectivity index (χ1n) is 2.26. The molecular weight excluding hydrogens is 124 g/mol. The van der Waals surface area contributed by atoms with E-state index in [1.54, 1.807) is 7.05 Å². The predicted octanol–water partition coefficient (Wildman–Crippen LogP) is -0.0312. The summed E-state index contributed by atoms with van der Waals surface area (Å²) in [5.74, 6) is 0. The first kappa shape index (κ1) is 5.50. The molecular formula is C4H6N2OS. The van der Waals surface area contributed by atoms with Gasteiger partial charge in [-0.2, -0.15) is 0 Å². The molecule has 0 bridgehead atoms. The van der Waals surface area contributed by atoms with E-state index in [2.05, 4.69) is 5.32 Å². The molecule has 1 heterocycles. The van der Waals surface area contributed by atoms with Crippen molar-refractivity contribution in [2.24, 2.45) is 0 Å². The lowest BCUT2D eigenvalue weighted by molar-refractivity contribution is 0.233. The van der Waals surface area contributed by atoms with Gasteiger partial charge in [-0.3, -0.25) is 4.90 Å². The Hall–Kier alpha value is -0.640. The SMILES string of the molecule is CN1C(=O)NCC1=S. The molecule has 0 saturated carbocycles. The fraction of sp³-hybridized carbons (Fsp3) is 0.500. The van der Waals surface area contributed by atoms with E-state index in [9.17, 15) is 4.79 Å². The highest BCUT2D eigenvalue weighted by Crippen LogP contribution is 1.94. The minimum atomic E-state index is -0.102. The maximum absolute atomic E-state index is 10.5. The summed E-state index contributed by atoms with van der Waals surface area (Å²) in [5, 5.41) is 2.56. The molecule has 1 rings (SSSR count). The van der Waals surface area contributed by atoms with E-state index in [4.69, 9.17) is 12.2 Å². The first-order chi connectivity index (χ1) is 3.72. The van der Waals surface area contributed by atoms with Gasteiger partial charge in [-0.25, -0.2) is 4.79 Å². The van der Waals surface area contributed by atoms with Gasteiger partial charge in [-0.05, 0) is 0 Å². The maximum atomic E-state index is 10.5. The molecule has 0 spiro atoms. The number of nitrogens with zero attached hydrogens (tertiary/aromatic N) is 1. The Morgan fingerprint density at radius 2 is 2.50 bits per heavy atom. The molecule has 44 valence electrons. The number of thiocarbonyl (C=S) groups is 1. The monoisotopic (exact) mass is 130 g/mol. The van der Waals surface area contributed by atoms with E-state index >= 15 is 0 Å². The van der Waals surface area contributed by atoms with Crippen molar-refractivity contribution < 1.29 is 4.79 Å². The Bertz CT molecular complexity index is 129. The van der Waals surface area contributed by atoms with E-state index in [0.29, 0.717) is 11.5 Å². The molecule has 1 N–H and O–H groups in total. The number of rotatable bonds is 0. The largest absolute Gasteiger partial charge is 0.331 e. The number of hydrogen-bond donors (Lipinski definition) is 1. The molecule has 0 aliphatic carbocycles. The highest BCUT2D eigenvalue weighted by Gasteiger charge is 2.19. The molecule has 0 aromatic carbocycles. The van der Waals surface area contributed by atoms with E-state index in [-0.39, 0.29) is 6.03 Å². The highest BCUT2D eigenvalue weighted by molar-refractivity contribution is 7.80. The van der Waals surface area contributed by atoms with Crippen molar-refractivity contribution in [2.45, 2.75) is 0 Å². The van der Waals surface area contributed by atoms with Crippen LogP contribution in [-0.2, 0) is 0 Å². The van der Waals surface area contributed by atoms with Gasteiger partial charge in [0.1, 0.15) is 4.99 Å². The van der Waals surface area contributed by atoms with Gasteiger partial charge in [0, 0.05) is 7.05 Å². The summed E-state index contributed by atoms with van der Waals surface area (Å²) in [7, 11) is 1.66. The Balaban J connectivity index is 2.70. The molecule has 4 heteroatoms. The molecule has 0 unspecified atom stereocenters. The zero-order chi connectivity index (χ0) is 6.15. The summed E-state index contributed by atoms with van der Waals surface area (Å²) < 4.78 is 0. The number of carbonyl (C=O) groups is 1. The number of amides is 2. The lowest BCUT2D eigenvalue weighted by Gasteiger charge is -2.02. The number of carbonyl (C=O) groups excluding carboxylic acids is 1. The molecule has 1 aliphatic heterocycles. The molecule has 2 amide bonds. The van der Waals surface area contributed by atoms with Gasteiger partial charge < -0.3 is 5.32 Å². The Morgan fingerprint density at radius 1 is 1.88 bits per heavy atom. The average molecular weight is 130 g/mol. The molecule has 1 aliphatic rings. The third-order valence-corrected chi connectivity index (χ3v) is 1.49. The summed E-state index contributed by atoms with van der Waals surface area (Å²) in [4.78, 5) is 12.6. The lowest BCUT2D eigenvalue weighted by atomic mass is 10.6. The zero-order valence-corrected chi connectivity index (χ0v) is 5.29. The second-order valence-electron chi connectivity index (χ2n) is 1.61. The molecule has 0 aromatic rings. The predicted molar refractivity (Wildman–Crippen MR) is 33.8 cm³/mol.